The zero-order valence-corrected chi connectivity index (χ0v) is 9.73. The first kappa shape index (κ1) is 15.3. The Labute approximate surface area is 98.5 Å². The molecule has 0 aliphatic heterocycles. The van der Waals surface area contributed by atoms with Crippen LogP contribution in [0.1, 0.15) is 6.92 Å². The third kappa shape index (κ3) is 6.48. The van der Waals surface area contributed by atoms with Crippen LogP contribution in [0, 0.1) is 0 Å². The van der Waals surface area contributed by atoms with Crippen LogP contribution in [0.3, 0.4) is 0 Å². The molecule has 0 saturated heterocycles. The smallest absolute Gasteiger partial charge is 0.329 e. The fourth-order valence-corrected chi connectivity index (χ4v) is 1.05. The number of rotatable bonds is 7. The van der Waals surface area contributed by atoms with Gasteiger partial charge in [-0.05, 0) is 0 Å². The standard InChI is InChI=1S/C9H17N3O5/c1-5(13)12-6(9(16)17-2)3-11-4-7(14)8(10)15/h6-7,11,14H,3-4H2,1-2H3,(H2,10,15)(H,12,13). The largest absolute Gasteiger partial charge is 0.467 e. The van der Waals surface area contributed by atoms with Crippen LogP contribution >= 0.6 is 0 Å². The fraction of sp³-hybridized carbons (Fsp3) is 0.667. The highest BCUT2D eigenvalue weighted by atomic mass is 16.5. The normalized spacial score (nSPS) is 13.6. The summed E-state index contributed by atoms with van der Waals surface area (Å²) in [5.41, 5.74) is 4.83. The molecule has 0 saturated carbocycles. The number of aliphatic hydroxyl groups is 1. The van der Waals surface area contributed by atoms with E-state index in [1.54, 1.807) is 0 Å². The van der Waals surface area contributed by atoms with Crippen molar-refractivity contribution in [3.05, 3.63) is 0 Å². The monoisotopic (exact) mass is 247 g/mol. The molecule has 8 heteroatoms. The molecule has 0 aromatic rings. The van der Waals surface area contributed by atoms with Crippen molar-refractivity contribution in [3.63, 3.8) is 0 Å². The summed E-state index contributed by atoms with van der Waals surface area (Å²) in [6.07, 6.45) is -1.34. The van der Waals surface area contributed by atoms with Crippen LogP contribution in [0.5, 0.6) is 0 Å². The highest BCUT2D eigenvalue weighted by Crippen LogP contribution is 1.88. The van der Waals surface area contributed by atoms with Gasteiger partial charge in [-0.3, -0.25) is 9.59 Å². The molecule has 0 heterocycles. The van der Waals surface area contributed by atoms with Crippen molar-refractivity contribution in [2.75, 3.05) is 20.2 Å². The second-order valence-electron chi connectivity index (χ2n) is 3.35. The van der Waals surface area contributed by atoms with Crippen molar-refractivity contribution >= 4 is 17.8 Å². The van der Waals surface area contributed by atoms with Gasteiger partial charge in [0.2, 0.25) is 11.8 Å². The first-order valence-corrected chi connectivity index (χ1v) is 4.91. The summed E-state index contributed by atoms with van der Waals surface area (Å²) in [6, 6.07) is -0.877. The van der Waals surface area contributed by atoms with Gasteiger partial charge in [0.1, 0.15) is 12.1 Å². The lowest BCUT2D eigenvalue weighted by Gasteiger charge is -2.16. The lowest BCUT2D eigenvalue weighted by atomic mass is 10.2. The van der Waals surface area contributed by atoms with Gasteiger partial charge in [-0.2, -0.15) is 0 Å². The summed E-state index contributed by atoms with van der Waals surface area (Å²) < 4.78 is 4.47. The summed E-state index contributed by atoms with van der Waals surface area (Å²) in [7, 11) is 1.19. The third-order valence-corrected chi connectivity index (χ3v) is 1.88. The van der Waals surface area contributed by atoms with E-state index in [0.29, 0.717) is 0 Å². The van der Waals surface area contributed by atoms with Gasteiger partial charge >= 0.3 is 5.97 Å². The van der Waals surface area contributed by atoms with Gasteiger partial charge in [0.15, 0.2) is 0 Å². The fourth-order valence-electron chi connectivity index (χ4n) is 1.05. The lowest BCUT2D eigenvalue weighted by molar-refractivity contribution is -0.144. The third-order valence-electron chi connectivity index (χ3n) is 1.88. The maximum absolute atomic E-state index is 11.2. The Bertz CT molecular complexity index is 294. The van der Waals surface area contributed by atoms with Crippen molar-refractivity contribution in [1.82, 2.24) is 10.6 Å². The first-order valence-electron chi connectivity index (χ1n) is 4.91. The molecule has 0 fully saturated rings. The zero-order valence-electron chi connectivity index (χ0n) is 9.73. The molecule has 0 aromatic heterocycles. The number of carbonyl (C=O) groups excluding carboxylic acids is 3. The second kappa shape index (κ2) is 7.58. The van der Waals surface area contributed by atoms with Crippen LogP contribution in [-0.4, -0.2) is 55.2 Å². The van der Waals surface area contributed by atoms with E-state index in [1.807, 2.05) is 0 Å². The maximum atomic E-state index is 11.2. The SMILES string of the molecule is COC(=O)C(CNCC(O)C(N)=O)NC(C)=O. The molecule has 2 amide bonds. The minimum absolute atomic E-state index is 0.0244. The number of nitrogens with one attached hydrogen (secondary N) is 2. The van der Waals surface area contributed by atoms with E-state index in [9.17, 15) is 14.4 Å². The summed E-state index contributed by atoms with van der Waals surface area (Å²) in [5.74, 6) is -1.88. The number of hydrogen-bond donors (Lipinski definition) is 4. The van der Waals surface area contributed by atoms with Gasteiger partial charge in [0.05, 0.1) is 7.11 Å². The van der Waals surface area contributed by atoms with Crippen molar-refractivity contribution in [2.45, 2.75) is 19.1 Å². The maximum Gasteiger partial charge on any atom is 0.329 e. The van der Waals surface area contributed by atoms with E-state index in [4.69, 9.17) is 10.8 Å². The highest BCUT2D eigenvalue weighted by Gasteiger charge is 2.20. The number of aliphatic hydroxyl groups excluding tert-OH is 1. The van der Waals surface area contributed by atoms with Crippen LogP contribution in [-0.2, 0) is 19.1 Å². The van der Waals surface area contributed by atoms with Crippen LogP contribution in [0.25, 0.3) is 0 Å². The predicted molar refractivity (Wildman–Crippen MR) is 57.7 cm³/mol. The van der Waals surface area contributed by atoms with Gasteiger partial charge in [-0.25, -0.2) is 4.79 Å². The first-order chi connectivity index (χ1) is 7.88. The van der Waals surface area contributed by atoms with E-state index in [2.05, 4.69) is 15.4 Å². The van der Waals surface area contributed by atoms with Gasteiger partial charge in [-0.1, -0.05) is 0 Å². The molecular weight excluding hydrogens is 230 g/mol. The van der Waals surface area contributed by atoms with Crippen molar-refractivity contribution in [1.29, 1.82) is 0 Å². The molecule has 0 aromatic carbocycles. The number of methoxy groups -OCH3 is 1. The molecule has 8 nitrogen and oxygen atoms in total. The minimum Gasteiger partial charge on any atom is -0.467 e. The number of ether oxygens (including phenoxy) is 1. The molecular formula is C9H17N3O5. The van der Waals surface area contributed by atoms with E-state index in [1.165, 1.54) is 14.0 Å². The number of hydrogen-bond acceptors (Lipinski definition) is 6. The van der Waals surface area contributed by atoms with Crippen LogP contribution in [0.15, 0.2) is 0 Å². The molecule has 98 valence electrons. The Morgan fingerprint density at radius 1 is 1.35 bits per heavy atom. The number of esters is 1. The average Bonchev–Trinajstić information content (AvgIpc) is 2.25. The topological polar surface area (TPSA) is 131 Å². The molecule has 0 radical (unpaired) electrons. The Balaban J connectivity index is 4.12. The van der Waals surface area contributed by atoms with Crippen molar-refractivity contribution in [3.8, 4) is 0 Å². The highest BCUT2D eigenvalue weighted by molar-refractivity contribution is 5.83. The Morgan fingerprint density at radius 3 is 2.35 bits per heavy atom. The summed E-state index contributed by atoms with van der Waals surface area (Å²) in [4.78, 5) is 32.5. The van der Waals surface area contributed by atoms with Gasteiger partial charge < -0.3 is 26.2 Å². The summed E-state index contributed by atoms with van der Waals surface area (Å²) >= 11 is 0. The number of amides is 2. The number of nitrogens with two attached hydrogens (primary N) is 1. The second-order valence-corrected chi connectivity index (χ2v) is 3.35. The quantitative estimate of drug-likeness (QED) is 0.357. The number of primary amides is 1. The lowest BCUT2D eigenvalue weighted by Crippen LogP contribution is -2.49. The Morgan fingerprint density at radius 2 is 1.94 bits per heavy atom. The molecule has 0 rings (SSSR count). The van der Waals surface area contributed by atoms with Crippen LogP contribution in [0.4, 0.5) is 0 Å². The van der Waals surface area contributed by atoms with Crippen LogP contribution < -0.4 is 16.4 Å². The van der Waals surface area contributed by atoms with E-state index >= 15 is 0 Å². The molecule has 2 unspecified atom stereocenters. The molecule has 17 heavy (non-hydrogen) atoms. The predicted octanol–water partition coefficient (Wildman–Crippen LogP) is -2.90. The molecule has 0 bridgehead atoms. The molecule has 0 aliphatic rings. The van der Waals surface area contributed by atoms with E-state index in [0.717, 1.165) is 0 Å². The van der Waals surface area contributed by atoms with E-state index in [-0.39, 0.29) is 13.1 Å². The minimum atomic E-state index is -1.34. The summed E-state index contributed by atoms with van der Waals surface area (Å²) in [5, 5.41) is 14.1. The average molecular weight is 247 g/mol. The van der Waals surface area contributed by atoms with Gasteiger partial charge in [0.25, 0.3) is 0 Å². The van der Waals surface area contributed by atoms with Crippen LogP contribution in [0.2, 0.25) is 0 Å². The zero-order chi connectivity index (χ0) is 13.4. The summed E-state index contributed by atoms with van der Waals surface area (Å²) in [6.45, 7) is 1.17. The molecule has 5 N–H and O–H groups in total. The molecule has 0 spiro atoms. The van der Waals surface area contributed by atoms with E-state index < -0.39 is 29.9 Å². The molecule has 0 aliphatic carbocycles. The Hall–Kier alpha value is -1.67. The Kier molecular flexibility index (Phi) is 6.83. The van der Waals surface area contributed by atoms with Gasteiger partial charge in [0, 0.05) is 20.0 Å². The van der Waals surface area contributed by atoms with Crippen molar-refractivity contribution in [2.24, 2.45) is 5.73 Å². The van der Waals surface area contributed by atoms with Gasteiger partial charge in [-0.15, -0.1) is 0 Å². The van der Waals surface area contributed by atoms with Crippen molar-refractivity contribution < 1.29 is 24.2 Å². The number of carbonyl (C=O) groups is 3. The molecule has 2 atom stereocenters.